The minimum Gasteiger partial charge on any atom is -0.397 e. The van der Waals surface area contributed by atoms with E-state index in [-0.39, 0.29) is 11.9 Å². The van der Waals surface area contributed by atoms with Crippen molar-refractivity contribution in [1.29, 1.82) is 0 Å². The van der Waals surface area contributed by atoms with Gasteiger partial charge in [0, 0.05) is 21.1 Å². The first-order chi connectivity index (χ1) is 9.58. The van der Waals surface area contributed by atoms with E-state index in [4.69, 9.17) is 10.5 Å². The largest absolute Gasteiger partial charge is 0.397 e. The van der Waals surface area contributed by atoms with Crippen LogP contribution in [0.4, 0.5) is 5.69 Å². The van der Waals surface area contributed by atoms with Crippen LogP contribution in [0.25, 0.3) is 10.1 Å². The minimum atomic E-state index is 0.00984. The topological polar surface area (TPSA) is 55.6 Å². The van der Waals surface area contributed by atoms with Gasteiger partial charge in [-0.1, -0.05) is 22.0 Å². The molecule has 1 aliphatic heterocycles. The SMILES string of the molecule is CC1COCCN1C(=O)c1sc2cc(Br)ccc2c1N. The van der Waals surface area contributed by atoms with Crippen molar-refractivity contribution in [2.75, 3.05) is 25.5 Å². The molecule has 0 radical (unpaired) electrons. The Morgan fingerprint density at radius 1 is 1.55 bits per heavy atom. The third-order valence-corrected chi connectivity index (χ3v) is 5.16. The number of morpholine rings is 1. The summed E-state index contributed by atoms with van der Waals surface area (Å²) in [6.45, 7) is 3.79. The molecule has 1 atom stereocenters. The molecule has 0 bridgehead atoms. The first-order valence-electron chi connectivity index (χ1n) is 6.44. The van der Waals surface area contributed by atoms with Crippen LogP contribution in [0, 0.1) is 0 Å². The Morgan fingerprint density at radius 3 is 3.10 bits per heavy atom. The predicted molar refractivity (Wildman–Crippen MR) is 85.3 cm³/mol. The van der Waals surface area contributed by atoms with Gasteiger partial charge in [-0.25, -0.2) is 0 Å². The van der Waals surface area contributed by atoms with Crippen LogP contribution in [0.2, 0.25) is 0 Å². The minimum absolute atomic E-state index is 0.00984. The molecule has 1 saturated heterocycles. The molecule has 0 aliphatic carbocycles. The van der Waals surface area contributed by atoms with E-state index in [0.29, 0.717) is 30.3 Å². The molecule has 0 spiro atoms. The Hall–Kier alpha value is -1.11. The molecular weight excluding hydrogens is 340 g/mol. The van der Waals surface area contributed by atoms with E-state index in [9.17, 15) is 4.79 Å². The maximum absolute atomic E-state index is 12.7. The molecule has 1 aromatic carbocycles. The maximum Gasteiger partial charge on any atom is 0.266 e. The monoisotopic (exact) mass is 354 g/mol. The average molecular weight is 355 g/mol. The quantitative estimate of drug-likeness (QED) is 0.855. The zero-order valence-electron chi connectivity index (χ0n) is 11.1. The van der Waals surface area contributed by atoms with Gasteiger partial charge in [0.15, 0.2) is 0 Å². The van der Waals surface area contributed by atoms with Gasteiger partial charge < -0.3 is 15.4 Å². The number of hydrogen-bond acceptors (Lipinski definition) is 4. The second-order valence-electron chi connectivity index (χ2n) is 4.91. The number of rotatable bonds is 1. The molecule has 1 aromatic heterocycles. The molecule has 3 rings (SSSR count). The highest BCUT2D eigenvalue weighted by Gasteiger charge is 2.28. The lowest BCUT2D eigenvalue weighted by Crippen LogP contribution is -2.47. The van der Waals surface area contributed by atoms with Gasteiger partial charge in [0.05, 0.1) is 24.9 Å². The molecule has 2 N–H and O–H groups in total. The number of halogens is 1. The Kier molecular flexibility index (Phi) is 3.70. The fourth-order valence-electron chi connectivity index (χ4n) is 2.41. The van der Waals surface area contributed by atoms with Gasteiger partial charge in [0.2, 0.25) is 0 Å². The van der Waals surface area contributed by atoms with Crippen LogP contribution < -0.4 is 5.73 Å². The van der Waals surface area contributed by atoms with E-state index >= 15 is 0 Å². The van der Waals surface area contributed by atoms with Crippen LogP contribution in [-0.2, 0) is 4.74 Å². The van der Waals surface area contributed by atoms with E-state index in [1.165, 1.54) is 11.3 Å². The van der Waals surface area contributed by atoms with Gasteiger partial charge in [-0.15, -0.1) is 11.3 Å². The number of nitrogens with zero attached hydrogens (tertiary/aromatic N) is 1. The summed E-state index contributed by atoms with van der Waals surface area (Å²) in [6.07, 6.45) is 0. The highest BCUT2D eigenvalue weighted by molar-refractivity contribution is 9.10. The molecule has 2 aromatic rings. The molecule has 1 amide bonds. The average Bonchev–Trinajstić information content (AvgIpc) is 2.75. The van der Waals surface area contributed by atoms with Crippen molar-refractivity contribution in [3.05, 3.63) is 27.5 Å². The zero-order valence-corrected chi connectivity index (χ0v) is 13.5. The number of amides is 1. The summed E-state index contributed by atoms with van der Waals surface area (Å²) in [6, 6.07) is 5.98. The normalized spacial score (nSPS) is 19.5. The molecule has 20 heavy (non-hydrogen) atoms. The van der Waals surface area contributed by atoms with Crippen molar-refractivity contribution in [1.82, 2.24) is 4.90 Å². The summed E-state index contributed by atoms with van der Waals surface area (Å²) in [4.78, 5) is 15.2. The highest BCUT2D eigenvalue weighted by atomic mass is 79.9. The summed E-state index contributed by atoms with van der Waals surface area (Å²) < 4.78 is 7.39. The predicted octanol–water partition coefficient (Wildman–Crippen LogP) is 3.11. The molecule has 0 saturated carbocycles. The molecule has 1 fully saturated rings. The van der Waals surface area contributed by atoms with E-state index < -0.39 is 0 Å². The third kappa shape index (κ3) is 2.32. The summed E-state index contributed by atoms with van der Waals surface area (Å²) in [5, 5.41) is 0.947. The number of ether oxygens (including phenoxy) is 1. The number of thiophene rings is 1. The van der Waals surface area contributed by atoms with Crippen LogP contribution in [0.15, 0.2) is 22.7 Å². The Balaban J connectivity index is 2.01. The Labute approximate surface area is 129 Å². The smallest absolute Gasteiger partial charge is 0.266 e. The number of nitrogens with two attached hydrogens (primary N) is 1. The fraction of sp³-hybridized carbons (Fsp3) is 0.357. The maximum atomic E-state index is 12.7. The van der Waals surface area contributed by atoms with Crippen LogP contribution in [0.1, 0.15) is 16.6 Å². The molecular formula is C14H15BrN2O2S. The number of fused-ring (bicyclic) bond motifs is 1. The molecule has 1 aliphatic rings. The van der Waals surface area contributed by atoms with E-state index in [0.717, 1.165) is 14.6 Å². The molecule has 1 unspecified atom stereocenters. The lowest BCUT2D eigenvalue weighted by molar-refractivity contribution is 0.00392. The molecule has 106 valence electrons. The van der Waals surface area contributed by atoms with E-state index in [1.54, 1.807) is 0 Å². The van der Waals surface area contributed by atoms with Gasteiger partial charge in [-0.3, -0.25) is 4.79 Å². The van der Waals surface area contributed by atoms with Crippen LogP contribution >= 0.6 is 27.3 Å². The van der Waals surface area contributed by atoms with E-state index in [1.807, 2.05) is 30.0 Å². The second-order valence-corrected chi connectivity index (χ2v) is 6.88. The molecule has 4 nitrogen and oxygen atoms in total. The van der Waals surface area contributed by atoms with Crippen molar-refractivity contribution >= 4 is 48.9 Å². The Morgan fingerprint density at radius 2 is 2.35 bits per heavy atom. The van der Waals surface area contributed by atoms with Gasteiger partial charge in [-0.2, -0.15) is 0 Å². The molecule has 2 heterocycles. The number of benzene rings is 1. The number of nitrogen functional groups attached to an aromatic ring is 1. The van der Waals surface area contributed by atoms with Crippen LogP contribution in [0.5, 0.6) is 0 Å². The molecule has 6 heteroatoms. The van der Waals surface area contributed by atoms with Gasteiger partial charge in [0.1, 0.15) is 4.88 Å². The third-order valence-electron chi connectivity index (χ3n) is 3.51. The van der Waals surface area contributed by atoms with E-state index in [2.05, 4.69) is 15.9 Å². The first-order valence-corrected chi connectivity index (χ1v) is 8.05. The first kappa shape index (κ1) is 13.9. The van der Waals surface area contributed by atoms with Crippen molar-refractivity contribution < 1.29 is 9.53 Å². The summed E-state index contributed by atoms with van der Waals surface area (Å²) >= 11 is 4.90. The van der Waals surface area contributed by atoms with Crippen LogP contribution in [0.3, 0.4) is 0 Å². The lowest BCUT2D eigenvalue weighted by Gasteiger charge is -2.33. The van der Waals surface area contributed by atoms with Crippen LogP contribution in [-0.4, -0.2) is 36.6 Å². The van der Waals surface area contributed by atoms with Gasteiger partial charge in [-0.05, 0) is 19.1 Å². The Bertz CT molecular complexity index is 670. The number of hydrogen-bond donors (Lipinski definition) is 1. The number of anilines is 1. The zero-order chi connectivity index (χ0) is 14.3. The summed E-state index contributed by atoms with van der Waals surface area (Å²) in [7, 11) is 0. The highest BCUT2D eigenvalue weighted by Crippen LogP contribution is 2.36. The van der Waals surface area contributed by atoms with Crippen molar-refractivity contribution in [3.63, 3.8) is 0 Å². The van der Waals surface area contributed by atoms with Crippen molar-refractivity contribution in [2.24, 2.45) is 0 Å². The van der Waals surface area contributed by atoms with Gasteiger partial charge in [0.25, 0.3) is 5.91 Å². The van der Waals surface area contributed by atoms with Crippen molar-refractivity contribution in [2.45, 2.75) is 13.0 Å². The second kappa shape index (κ2) is 5.35. The summed E-state index contributed by atoms with van der Waals surface area (Å²) in [5.74, 6) is 0.00984. The van der Waals surface area contributed by atoms with Gasteiger partial charge >= 0.3 is 0 Å². The lowest BCUT2D eigenvalue weighted by atomic mass is 10.2. The summed E-state index contributed by atoms with van der Waals surface area (Å²) in [5.41, 5.74) is 6.74. The van der Waals surface area contributed by atoms with Crippen molar-refractivity contribution in [3.8, 4) is 0 Å². The number of carbonyl (C=O) groups excluding carboxylic acids is 1. The number of carbonyl (C=O) groups is 1. The fourth-order valence-corrected chi connectivity index (χ4v) is 4.04. The standard InChI is InChI=1S/C14H15BrN2O2S/c1-8-7-19-5-4-17(8)14(18)13-12(16)10-3-2-9(15)6-11(10)20-13/h2-3,6,8H,4-5,7,16H2,1H3.